The predicted octanol–water partition coefficient (Wildman–Crippen LogP) is 1.61. The molecule has 0 atom stereocenters. The number of pyridine rings is 1. The van der Waals surface area contributed by atoms with Crippen molar-refractivity contribution in [3.63, 3.8) is 0 Å². The van der Waals surface area contributed by atoms with E-state index in [1.165, 1.54) is 0 Å². The molecule has 1 aromatic carbocycles. The number of benzene rings is 1. The zero-order valence-corrected chi connectivity index (χ0v) is 10.5. The van der Waals surface area contributed by atoms with Crippen LogP contribution in [-0.2, 0) is 0 Å². The van der Waals surface area contributed by atoms with Gasteiger partial charge in [-0.05, 0) is 19.1 Å². The quantitative estimate of drug-likeness (QED) is 0.635. The molecule has 3 N–H and O–H groups in total. The monoisotopic (exact) mass is 244 g/mol. The van der Waals surface area contributed by atoms with E-state index in [2.05, 4.69) is 10.4 Å². The van der Waals surface area contributed by atoms with E-state index in [0.29, 0.717) is 17.9 Å². The lowest BCUT2D eigenvalue weighted by Gasteiger charge is -2.16. The molecule has 1 amide bonds. The van der Waals surface area contributed by atoms with Crippen LogP contribution in [-0.4, -0.2) is 29.4 Å². The lowest BCUT2D eigenvalue weighted by atomic mass is 10.1. The number of anilines is 1. The average Bonchev–Trinajstić information content (AvgIpc) is 2.44. The summed E-state index contributed by atoms with van der Waals surface area (Å²) >= 11 is 0. The Morgan fingerprint density at radius 3 is 2.83 bits per heavy atom. The summed E-state index contributed by atoms with van der Waals surface area (Å²) in [6, 6.07) is 9.20. The molecule has 1 heterocycles. The molecule has 0 radical (unpaired) electrons. The molecule has 0 fully saturated rings. The van der Waals surface area contributed by atoms with E-state index in [1.54, 1.807) is 18.0 Å². The standard InChI is InChI=1S/C13H16N4O/c1-3-17(2)13(18)10-8-12(16-14)15-11-7-5-4-6-9(10)11/h4-8H,3,14H2,1-2H3,(H,15,16). The number of para-hydroxylation sites is 1. The second-order valence-electron chi connectivity index (χ2n) is 4.04. The Kier molecular flexibility index (Phi) is 3.43. The minimum absolute atomic E-state index is 0.0346. The van der Waals surface area contributed by atoms with Crippen LogP contribution in [0.15, 0.2) is 30.3 Å². The average molecular weight is 244 g/mol. The van der Waals surface area contributed by atoms with E-state index in [1.807, 2.05) is 31.2 Å². The number of nitrogens with zero attached hydrogens (tertiary/aromatic N) is 2. The topological polar surface area (TPSA) is 71.2 Å². The van der Waals surface area contributed by atoms with Gasteiger partial charge in [-0.3, -0.25) is 4.79 Å². The minimum Gasteiger partial charge on any atom is -0.342 e. The number of carbonyl (C=O) groups excluding carboxylic acids is 1. The van der Waals surface area contributed by atoms with Gasteiger partial charge in [-0.25, -0.2) is 10.8 Å². The molecule has 2 aromatic rings. The van der Waals surface area contributed by atoms with Gasteiger partial charge in [0, 0.05) is 19.0 Å². The third kappa shape index (κ3) is 2.12. The van der Waals surface area contributed by atoms with Crippen molar-refractivity contribution in [2.75, 3.05) is 19.0 Å². The van der Waals surface area contributed by atoms with Crippen LogP contribution in [0.2, 0.25) is 0 Å². The molecule has 2 rings (SSSR count). The molecular weight excluding hydrogens is 228 g/mol. The van der Waals surface area contributed by atoms with Crippen LogP contribution in [0.1, 0.15) is 17.3 Å². The number of fused-ring (bicyclic) bond motifs is 1. The van der Waals surface area contributed by atoms with Gasteiger partial charge in [-0.1, -0.05) is 18.2 Å². The zero-order valence-electron chi connectivity index (χ0n) is 10.5. The number of nitrogens with one attached hydrogen (secondary N) is 1. The number of nitrogen functional groups attached to an aromatic ring is 1. The largest absolute Gasteiger partial charge is 0.342 e. The lowest BCUT2D eigenvalue weighted by Crippen LogP contribution is -2.26. The Morgan fingerprint density at radius 2 is 2.17 bits per heavy atom. The van der Waals surface area contributed by atoms with Gasteiger partial charge in [0.2, 0.25) is 0 Å². The molecule has 0 aliphatic rings. The second kappa shape index (κ2) is 5.01. The SMILES string of the molecule is CCN(C)C(=O)c1cc(NN)nc2ccccc12. The summed E-state index contributed by atoms with van der Waals surface area (Å²) in [6.45, 7) is 2.59. The van der Waals surface area contributed by atoms with Crippen molar-refractivity contribution in [1.29, 1.82) is 0 Å². The lowest BCUT2D eigenvalue weighted by molar-refractivity contribution is 0.0804. The van der Waals surface area contributed by atoms with Crippen molar-refractivity contribution in [2.45, 2.75) is 6.92 Å². The molecule has 0 saturated carbocycles. The van der Waals surface area contributed by atoms with E-state index >= 15 is 0 Å². The Labute approximate surface area is 106 Å². The normalized spacial score (nSPS) is 10.4. The first kappa shape index (κ1) is 12.3. The molecule has 0 unspecified atom stereocenters. The fourth-order valence-corrected chi connectivity index (χ4v) is 1.78. The van der Waals surface area contributed by atoms with Gasteiger partial charge < -0.3 is 10.3 Å². The van der Waals surface area contributed by atoms with Gasteiger partial charge >= 0.3 is 0 Å². The predicted molar refractivity (Wildman–Crippen MR) is 72.2 cm³/mol. The summed E-state index contributed by atoms with van der Waals surface area (Å²) < 4.78 is 0. The van der Waals surface area contributed by atoms with Crippen molar-refractivity contribution < 1.29 is 4.79 Å². The highest BCUT2D eigenvalue weighted by Crippen LogP contribution is 2.21. The fourth-order valence-electron chi connectivity index (χ4n) is 1.78. The fraction of sp³-hybridized carbons (Fsp3) is 0.231. The van der Waals surface area contributed by atoms with Crippen molar-refractivity contribution in [3.8, 4) is 0 Å². The van der Waals surface area contributed by atoms with E-state index in [-0.39, 0.29) is 5.91 Å². The third-order valence-electron chi connectivity index (χ3n) is 2.92. The molecule has 18 heavy (non-hydrogen) atoms. The van der Waals surface area contributed by atoms with E-state index < -0.39 is 0 Å². The van der Waals surface area contributed by atoms with Crippen LogP contribution in [0.4, 0.5) is 5.82 Å². The van der Waals surface area contributed by atoms with Crippen LogP contribution < -0.4 is 11.3 Å². The first-order chi connectivity index (χ1) is 8.67. The Hall–Kier alpha value is -2.14. The van der Waals surface area contributed by atoms with Crippen molar-refractivity contribution in [2.24, 2.45) is 5.84 Å². The molecule has 5 nitrogen and oxygen atoms in total. The summed E-state index contributed by atoms with van der Waals surface area (Å²) in [4.78, 5) is 18.3. The number of carbonyl (C=O) groups is 1. The molecule has 0 saturated heterocycles. The molecule has 5 heteroatoms. The van der Waals surface area contributed by atoms with Crippen LogP contribution in [0.3, 0.4) is 0 Å². The summed E-state index contributed by atoms with van der Waals surface area (Å²) in [7, 11) is 1.77. The van der Waals surface area contributed by atoms with Gasteiger partial charge in [0.05, 0.1) is 11.1 Å². The first-order valence-corrected chi connectivity index (χ1v) is 5.79. The smallest absolute Gasteiger partial charge is 0.254 e. The van der Waals surface area contributed by atoms with Crippen LogP contribution >= 0.6 is 0 Å². The molecule has 0 aliphatic carbocycles. The number of rotatable bonds is 3. The molecule has 0 spiro atoms. The third-order valence-corrected chi connectivity index (χ3v) is 2.92. The highest BCUT2D eigenvalue weighted by Gasteiger charge is 2.15. The molecule has 0 aliphatic heterocycles. The van der Waals surface area contributed by atoms with Crippen LogP contribution in [0.25, 0.3) is 10.9 Å². The highest BCUT2D eigenvalue weighted by atomic mass is 16.2. The number of aromatic nitrogens is 1. The van der Waals surface area contributed by atoms with Crippen LogP contribution in [0.5, 0.6) is 0 Å². The summed E-state index contributed by atoms with van der Waals surface area (Å²) in [6.07, 6.45) is 0. The first-order valence-electron chi connectivity index (χ1n) is 5.79. The van der Waals surface area contributed by atoms with Gasteiger partial charge in [0.1, 0.15) is 5.82 Å². The number of hydrogen-bond acceptors (Lipinski definition) is 4. The second-order valence-corrected chi connectivity index (χ2v) is 4.04. The highest BCUT2D eigenvalue weighted by molar-refractivity contribution is 6.06. The van der Waals surface area contributed by atoms with E-state index in [0.717, 1.165) is 10.9 Å². The maximum atomic E-state index is 12.3. The number of hydrogen-bond donors (Lipinski definition) is 2. The maximum absolute atomic E-state index is 12.3. The van der Waals surface area contributed by atoms with Gasteiger partial charge in [0.25, 0.3) is 5.91 Å². The number of hydrazine groups is 1. The molecular formula is C13H16N4O. The van der Waals surface area contributed by atoms with E-state index in [4.69, 9.17) is 5.84 Å². The molecule has 0 bridgehead atoms. The van der Waals surface area contributed by atoms with Crippen molar-refractivity contribution >= 4 is 22.6 Å². The summed E-state index contributed by atoms with van der Waals surface area (Å²) in [5.74, 6) is 5.83. The van der Waals surface area contributed by atoms with E-state index in [9.17, 15) is 4.79 Å². The minimum atomic E-state index is -0.0346. The Bertz CT molecular complexity index is 582. The summed E-state index contributed by atoms with van der Waals surface area (Å²) in [5.41, 5.74) is 3.85. The summed E-state index contributed by atoms with van der Waals surface area (Å²) in [5, 5.41) is 0.835. The number of nitrogens with two attached hydrogens (primary N) is 1. The van der Waals surface area contributed by atoms with Crippen molar-refractivity contribution in [1.82, 2.24) is 9.88 Å². The zero-order chi connectivity index (χ0) is 13.1. The maximum Gasteiger partial charge on any atom is 0.254 e. The van der Waals surface area contributed by atoms with Gasteiger partial charge in [0.15, 0.2) is 0 Å². The van der Waals surface area contributed by atoms with Gasteiger partial charge in [-0.15, -0.1) is 0 Å². The van der Waals surface area contributed by atoms with Crippen molar-refractivity contribution in [3.05, 3.63) is 35.9 Å². The Morgan fingerprint density at radius 1 is 1.44 bits per heavy atom. The molecule has 94 valence electrons. The van der Waals surface area contributed by atoms with Gasteiger partial charge in [-0.2, -0.15) is 0 Å². The Balaban J connectivity index is 2.64. The van der Waals surface area contributed by atoms with Crippen LogP contribution in [0, 0.1) is 0 Å². The molecule has 1 aromatic heterocycles. The number of amides is 1.